The van der Waals surface area contributed by atoms with E-state index in [1.807, 2.05) is 30.3 Å². The van der Waals surface area contributed by atoms with E-state index in [4.69, 9.17) is 4.74 Å². The Morgan fingerprint density at radius 2 is 1.69 bits per heavy atom. The SMILES string of the molecule is CN=C(NCCc1ccccc1)NCc1ccccc1OCC(F)(F)F. The third kappa shape index (κ3) is 7.04. The van der Waals surface area contributed by atoms with Crippen LogP contribution in [0.4, 0.5) is 13.2 Å². The van der Waals surface area contributed by atoms with Crippen molar-refractivity contribution in [1.82, 2.24) is 10.6 Å². The van der Waals surface area contributed by atoms with Gasteiger partial charge in [-0.2, -0.15) is 13.2 Å². The van der Waals surface area contributed by atoms with Crippen LogP contribution >= 0.6 is 0 Å². The molecule has 0 aromatic heterocycles. The quantitative estimate of drug-likeness (QED) is 0.583. The summed E-state index contributed by atoms with van der Waals surface area (Å²) in [6.45, 7) is -0.316. The smallest absolute Gasteiger partial charge is 0.422 e. The van der Waals surface area contributed by atoms with E-state index in [1.54, 1.807) is 25.2 Å². The molecule has 0 amide bonds. The van der Waals surface area contributed by atoms with E-state index in [0.717, 1.165) is 6.42 Å². The molecule has 26 heavy (non-hydrogen) atoms. The van der Waals surface area contributed by atoms with Crippen LogP contribution in [0.5, 0.6) is 5.75 Å². The van der Waals surface area contributed by atoms with Gasteiger partial charge in [0, 0.05) is 25.7 Å². The van der Waals surface area contributed by atoms with Crippen molar-refractivity contribution in [3.63, 3.8) is 0 Å². The van der Waals surface area contributed by atoms with E-state index in [-0.39, 0.29) is 5.75 Å². The lowest BCUT2D eigenvalue weighted by Crippen LogP contribution is -2.38. The minimum Gasteiger partial charge on any atom is -0.484 e. The molecular formula is C19H22F3N3O. The van der Waals surface area contributed by atoms with Crippen LogP contribution in [0, 0.1) is 0 Å². The van der Waals surface area contributed by atoms with E-state index in [0.29, 0.717) is 24.6 Å². The molecule has 0 saturated heterocycles. The van der Waals surface area contributed by atoms with Gasteiger partial charge in [-0.1, -0.05) is 48.5 Å². The van der Waals surface area contributed by atoms with Gasteiger partial charge >= 0.3 is 6.18 Å². The van der Waals surface area contributed by atoms with Gasteiger partial charge < -0.3 is 15.4 Å². The van der Waals surface area contributed by atoms with Crippen molar-refractivity contribution in [1.29, 1.82) is 0 Å². The number of ether oxygens (including phenoxy) is 1. The second-order valence-electron chi connectivity index (χ2n) is 5.60. The molecule has 2 aromatic carbocycles. The van der Waals surface area contributed by atoms with Gasteiger partial charge in [-0.05, 0) is 18.1 Å². The standard InChI is InChI=1S/C19H22F3N3O/c1-23-18(24-12-11-15-7-3-2-4-8-15)25-13-16-9-5-6-10-17(16)26-14-19(20,21)22/h2-10H,11-14H2,1H3,(H2,23,24,25). The number of hydrogen-bond donors (Lipinski definition) is 2. The first kappa shape index (κ1) is 19.6. The molecule has 0 bridgehead atoms. The summed E-state index contributed by atoms with van der Waals surface area (Å²) in [6, 6.07) is 16.7. The summed E-state index contributed by atoms with van der Waals surface area (Å²) in [4.78, 5) is 4.12. The van der Waals surface area contributed by atoms with E-state index in [2.05, 4.69) is 15.6 Å². The third-order valence-electron chi connectivity index (χ3n) is 3.58. The predicted octanol–water partition coefficient (Wildman–Crippen LogP) is 3.54. The lowest BCUT2D eigenvalue weighted by Gasteiger charge is -2.15. The van der Waals surface area contributed by atoms with Crippen molar-refractivity contribution in [2.45, 2.75) is 19.1 Å². The molecular weight excluding hydrogens is 343 g/mol. The largest absolute Gasteiger partial charge is 0.484 e. The van der Waals surface area contributed by atoms with Crippen molar-refractivity contribution < 1.29 is 17.9 Å². The Morgan fingerprint density at radius 3 is 2.38 bits per heavy atom. The number of alkyl halides is 3. The number of para-hydroxylation sites is 1. The van der Waals surface area contributed by atoms with Gasteiger partial charge in [0.2, 0.25) is 0 Å². The first-order valence-corrected chi connectivity index (χ1v) is 8.24. The van der Waals surface area contributed by atoms with Gasteiger partial charge in [0.25, 0.3) is 0 Å². The summed E-state index contributed by atoms with van der Waals surface area (Å²) in [5.74, 6) is 0.781. The molecule has 2 aromatic rings. The molecule has 0 radical (unpaired) electrons. The Labute approximate surface area is 151 Å². The van der Waals surface area contributed by atoms with Gasteiger partial charge in [0.15, 0.2) is 12.6 Å². The summed E-state index contributed by atoms with van der Waals surface area (Å²) in [7, 11) is 1.64. The van der Waals surface area contributed by atoms with Crippen LogP contribution in [-0.2, 0) is 13.0 Å². The average Bonchev–Trinajstić information content (AvgIpc) is 2.63. The number of halogens is 3. The number of guanidine groups is 1. The highest BCUT2D eigenvalue weighted by molar-refractivity contribution is 5.79. The fourth-order valence-electron chi connectivity index (χ4n) is 2.32. The fraction of sp³-hybridized carbons (Fsp3) is 0.316. The summed E-state index contributed by atoms with van der Waals surface area (Å²) in [5, 5.41) is 6.27. The molecule has 0 atom stereocenters. The van der Waals surface area contributed by atoms with Crippen molar-refractivity contribution in [2.75, 3.05) is 20.2 Å². The van der Waals surface area contributed by atoms with Crippen LogP contribution in [0.3, 0.4) is 0 Å². The van der Waals surface area contributed by atoms with Crippen LogP contribution in [0.2, 0.25) is 0 Å². The number of benzene rings is 2. The molecule has 0 fully saturated rings. The molecule has 140 valence electrons. The summed E-state index contributed by atoms with van der Waals surface area (Å²) in [5.41, 5.74) is 1.84. The summed E-state index contributed by atoms with van der Waals surface area (Å²) < 4.78 is 41.9. The molecule has 0 aliphatic carbocycles. The second-order valence-corrected chi connectivity index (χ2v) is 5.60. The van der Waals surface area contributed by atoms with Gasteiger partial charge in [0.05, 0.1) is 0 Å². The van der Waals surface area contributed by atoms with E-state index in [1.165, 1.54) is 11.6 Å². The Bertz CT molecular complexity index is 703. The molecule has 0 aliphatic heterocycles. The topological polar surface area (TPSA) is 45.7 Å². The number of nitrogens with zero attached hydrogens (tertiary/aromatic N) is 1. The normalized spacial score (nSPS) is 11.9. The number of aliphatic imine (C=N–C) groups is 1. The maximum Gasteiger partial charge on any atom is 0.422 e. The molecule has 0 aliphatic rings. The van der Waals surface area contributed by atoms with Crippen LogP contribution in [0.25, 0.3) is 0 Å². The number of hydrogen-bond acceptors (Lipinski definition) is 2. The first-order valence-electron chi connectivity index (χ1n) is 8.24. The zero-order valence-electron chi connectivity index (χ0n) is 14.5. The van der Waals surface area contributed by atoms with Crippen molar-refractivity contribution >= 4 is 5.96 Å². The lowest BCUT2D eigenvalue weighted by molar-refractivity contribution is -0.153. The Kier molecular flexibility index (Phi) is 7.32. The highest BCUT2D eigenvalue weighted by Gasteiger charge is 2.28. The van der Waals surface area contributed by atoms with Crippen LogP contribution in [0.15, 0.2) is 59.6 Å². The minimum absolute atomic E-state index is 0.206. The fourth-order valence-corrected chi connectivity index (χ4v) is 2.32. The Morgan fingerprint density at radius 1 is 1.00 bits per heavy atom. The second kappa shape index (κ2) is 9.70. The van der Waals surface area contributed by atoms with Gasteiger partial charge in [-0.3, -0.25) is 4.99 Å². The Hall–Kier alpha value is -2.70. The highest BCUT2D eigenvalue weighted by Crippen LogP contribution is 2.22. The zero-order chi connectivity index (χ0) is 18.8. The average molecular weight is 365 g/mol. The summed E-state index contributed by atoms with van der Waals surface area (Å²) >= 11 is 0. The van der Waals surface area contributed by atoms with E-state index < -0.39 is 12.8 Å². The summed E-state index contributed by atoms with van der Waals surface area (Å²) in [6.07, 6.45) is -3.53. The molecule has 4 nitrogen and oxygen atoms in total. The van der Waals surface area contributed by atoms with Crippen molar-refractivity contribution in [2.24, 2.45) is 4.99 Å². The number of rotatable bonds is 7. The molecule has 2 N–H and O–H groups in total. The molecule has 0 saturated carbocycles. The van der Waals surface area contributed by atoms with Gasteiger partial charge in [-0.25, -0.2) is 0 Å². The van der Waals surface area contributed by atoms with E-state index >= 15 is 0 Å². The monoisotopic (exact) mass is 365 g/mol. The Balaban J connectivity index is 1.84. The molecule has 2 rings (SSSR count). The minimum atomic E-state index is -4.37. The molecule has 0 unspecified atom stereocenters. The molecule has 0 heterocycles. The zero-order valence-corrected chi connectivity index (χ0v) is 14.5. The van der Waals surface area contributed by atoms with Gasteiger partial charge in [0.1, 0.15) is 5.75 Å². The molecule has 0 spiro atoms. The van der Waals surface area contributed by atoms with Crippen LogP contribution in [0.1, 0.15) is 11.1 Å². The van der Waals surface area contributed by atoms with Gasteiger partial charge in [-0.15, -0.1) is 0 Å². The van der Waals surface area contributed by atoms with Crippen LogP contribution in [-0.4, -0.2) is 32.3 Å². The maximum absolute atomic E-state index is 12.4. The van der Waals surface area contributed by atoms with E-state index in [9.17, 15) is 13.2 Å². The first-order chi connectivity index (χ1) is 12.5. The lowest BCUT2D eigenvalue weighted by atomic mass is 10.1. The van der Waals surface area contributed by atoms with Crippen molar-refractivity contribution in [3.05, 3.63) is 65.7 Å². The van der Waals surface area contributed by atoms with Crippen LogP contribution < -0.4 is 15.4 Å². The predicted molar refractivity (Wildman–Crippen MR) is 96.3 cm³/mol. The number of nitrogens with one attached hydrogen (secondary N) is 2. The maximum atomic E-state index is 12.4. The third-order valence-corrected chi connectivity index (χ3v) is 3.58. The van der Waals surface area contributed by atoms with Crippen molar-refractivity contribution in [3.8, 4) is 5.75 Å². The molecule has 7 heteroatoms. The highest BCUT2D eigenvalue weighted by atomic mass is 19.4.